The Hall–Kier alpha value is -2.50. The van der Waals surface area contributed by atoms with Crippen molar-refractivity contribution in [1.82, 2.24) is 14.6 Å². The quantitative estimate of drug-likeness (QED) is 0.712. The number of amides is 3. The van der Waals surface area contributed by atoms with E-state index in [0.717, 1.165) is 30.5 Å². The van der Waals surface area contributed by atoms with Crippen LogP contribution in [0, 0.1) is 0 Å². The number of urea groups is 1. The molecule has 32 heavy (non-hydrogen) atoms. The zero-order chi connectivity index (χ0) is 22.3. The van der Waals surface area contributed by atoms with Crippen LogP contribution < -0.4 is 15.1 Å². The highest BCUT2D eigenvalue weighted by molar-refractivity contribution is 7.89. The Labute approximate surface area is 191 Å². The van der Waals surface area contributed by atoms with E-state index in [0.29, 0.717) is 54.9 Å². The number of sulfonamides is 1. The van der Waals surface area contributed by atoms with E-state index in [1.807, 2.05) is 5.38 Å². The molecule has 0 unspecified atom stereocenters. The zero-order valence-corrected chi connectivity index (χ0v) is 19.3. The van der Waals surface area contributed by atoms with Crippen molar-refractivity contribution in [3.05, 3.63) is 34.8 Å². The molecule has 3 aliphatic rings. The fourth-order valence-electron chi connectivity index (χ4n) is 4.46. The third-order valence-corrected chi connectivity index (χ3v) is 8.97. The molecule has 0 aliphatic carbocycles. The van der Waals surface area contributed by atoms with Crippen LogP contribution in [0.25, 0.3) is 0 Å². The highest BCUT2D eigenvalue weighted by Crippen LogP contribution is 2.32. The van der Waals surface area contributed by atoms with Gasteiger partial charge < -0.3 is 10.2 Å². The van der Waals surface area contributed by atoms with Crippen LogP contribution in [0.2, 0.25) is 0 Å². The summed E-state index contributed by atoms with van der Waals surface area (Å²) in [6.07, 6.45) is 3.62. The summed E-state index contributed by atoms with van der Waals surface area (Å²) < 4.78 is 27.5. The smallest absolute Gasteiger partial charge is 0.323 e. The number of piperidine rings is 1. The van der Waals surface area contributed by atoms with Gasteiger partial charge in [0.05, 0.1) is 17.0 Å². The summed E-state index contributed by atoms with van der Waals surface area (Å²) in [5.74, 6) is -0.0851. The molecule has 3 aliphatic heterocycles. The van der Waals surface area contributed by atoms with Gasteiger partial charge in [0.1, 0.15) is 0 Å². The molecule has 2 fully saturated rings. The highest BCUT2D eigenvalue weighted by atomic mass is 32.2. The van der Waals surface area contributed by atoms with Crippen molar-refractivity contribution < 1.29 is 18.0 Å². The lowest BCUT2D eigenvalue weighted by molar-refractivity contribution is -0.117. The summed E-state index contributed by atoms with van der Waals surface area (Å²) in [6.45, 7) is 2.82. The van der Waals surface area contributed by atoms with E-state index in [1.165, 1.54) is 11.3 Å². The number of nitrogens with one attached hydrogen (secondary N) is 1. The predicted molar refractivity (Wildman–Crippen MR) is 122 cm³/mol. The second-order valence-electron chi connectivity index (χ2n) is 8.23. The summed E-state index contributed by atoms with van der Waals surface area (Å²) in [5.41, 5.74) is 2.28. The Morgan fingerprint density at radius 2 is 1.94 bits per heavy atom. The third kappa shape index (κ3) is 3.89. The SMILES string of the molecule is O=C1NCCN1c1nc(CC(=O)N2CCc3cc(S(=O)(=O)N4CCCCC4)ccc32)cs1. The zero-order valence-electron chi connectivity index (χ0n) is 17.6. The first-order valence-corrected chi connectivity index (χ1v) is 13.2. The lowest BCUT2D eigenvalue weighted by atomic mass is 10.2. The number of hydrogen-bond acceptors (Lipinski definition) is 6. The number of benzene rings is 1. The maximum absolute atomic E-state index is 13.0. The van der Waals surface area contributed by atoms with Gasteiger partial charge in [-0.2, -0.15) is 4.31 Å². The lowest BCUT2D eigenvalue weighted by Gasteiger charge is -2.26. The standard InChI is InChI=1S/C21H25N5O4S2/c27-19(13-16-14-31-21(23-16)26-11-7-22-20(26)28)25-10-6-15-12-17(4-5-18(15)25)32(29,30)24-8-2-1-3-9-24/h4-5,12,14H,1-3,6-11,13H2,(H,22,28). The van der Waals surface area contributed by atoms with Crippen molar-refractivity contribution in [3.8, 4) is 0 Å². The van der Waals surface area contributed by atoms with E-state index in [1.54, 1.807) is 32.3 Å². The molecule has 2 aromatic rings. The summed E-state index contributed by atoms with van der Waals surface area (Å²) in [5, 5.41) is 5.15. The van der Waals surface area contributed by atoms with Gasteiger partial charge in [-0.3, -0.25) is 9.69 Å². The molecule has 11 heteroatoms. The van der Waals surface area contributed by atoms with Crippen LogP contribution in [-0.2, 0) is 27.7 Å². The molecule has 0 spiro atoms. The first kappa shape index (κ1) is 21.4. The first-order valence-electron chi connectivity index (χ1n) is 10.9. The Morgan fingerprint density at radius 1 is 1.12 bits per heavy atom. The topological polar surface area (TPSA) is 103 Å². The van der Waals surface area contributed by atoms with Gasteiger partial charge in [0.25, 0.3) is 0 Å². The molecule has 1 aromatic carbocycles. The summed E-state index contributed by atoms with van der Waals surface area (Å²) in [7, 11) is -3.50. The van der Waals surface area contributed by atoms with Gasteiger partial charge in [0.15, 0.2) is 5.13 Å². The van der Waals surface area contributed by atoms with E-state index >= 15 is 0 Å². The van der Waals surface area contributed by atoms with E-state index < -0.39 is 10.0 Å². The van der Waals surface area contributed by atoms with Crippen LogP contribution in [0.15, 0.2) is 28.5 Å². The van der Waals surface area contributed by atoms with Crippen molar-refractivity contribution in [2.75, 3.05) is 42.5 Å². The van der Waals surface area contributed by atoms with Crippen molar-refractivity contribution in [2.45, 2.75) is 37.0 Å². The van der Waals surface area contributed by atoms with Gasteiger partial charge in [-0.1, -0.05) is 6.42 Å². The Balaban J connectivity index is 1.30. The van der Waals surface area contributed by atoms with Crippen molar-refractivity contribution in [1.29, 1.82) is 0 Å². The van der Waals surface area contributed by atoms with Gasteiger partial charge in [0, 0.05) is 43.8 Å². The van der Waals surface area contributed by atoms with Gasteiger partial charge in [-0.15, -0.1) is 11.3 Å². The van der Waals surface area contributed by atoms with Crippen molar-refractivity contribution in [3.63, 3.8) is 0 Å². The molecule has 2 saturated heterocycles. The Morgan fingerprint density at radius 3 is 2.69 bits per heavy atom. The number of rotatable bonds is 5. The molecule has 1 aromatic heterocycles. The number of anilines is 2. The van der Waals surface area contributed by atoms with Gasteiger partial charge in [-0.05, 0) is 43.0 Å². The van der Waals surface area contributed by atoms with E-state index in [-0.39, 0.29) is 18.4 Å². The summed E-state index contributed by atoms with van der Waals surface area (Å²) in [6, 6.07) is 4.92. The Bertz CT molecular complexity index is 1160. The second-order valence-corrected chi connectivity index (χ2v) is 11.0. The highest BCUT2D eigenvalue weighted by Gasteiger charge is 2.30. The largest absolute Gasteiger partial charge is 0.336 e. The number of nitrogens with zero attached hydrogens (tertiary/aromatic N) is 4. The molecule has 9 nitrogen and oxygen atoms in total. The number of carbonyl (C=O) groups excluding carboxylic acids is 2. The number of hydrogen-bond donors (Lipinski definition) is 1. The van der Waals surface area contributed by atoms with Gasteiger partial charge in [-0.25, -0.2) is 18.2 Å². The predicted octanol–water partition coefficient (Wildman–Crippen LogP) is 1.98. The van der Waals surface area contributed by atoms with Crippen LogP contribution in [0.1, 0.15) is 30.5 Å². The minimum Gasteiger partial charge on any atom is -0.336 e. The van der Waals surface area contributed by atoms with Gasteiger partial charge >= 0.3 is 6.03 Å². The average Bonchev–Trinajstić information content (AvgIpc) is 3.53. The minimum absolute atomic E-state index is 0.0851. The van der Waals surface area contributed by atoms with Crippen molar-refractivity contribution in [2.24, 2.45) is 0 Å². The molecule has 1 N–H and O–H groups in total. The monoisotopic (exact) mass is 475 g/mol. The number of aromatic nitrogens is 1. The molecule has 0 saturated carbocycles. The summed E-state index contributed by atoms with van der Waals surface area (Å²) >= 11 is 1.35. The average molecular weight is 476 g/mol. The van der Waals surface area contributed by atoms with Crippen LogP contribution in [-0.4, -0.2) is 62.4 Å². The van der Waals surface area contributed by atoms with E-state index in [9.17, 15) is 18.0 Å². The lowest BCUT2D eigenvalue weighted by Crippen LogP contribution is -2.35. The van der Waals surface area contributed by atoms with Crippen LogP contribution in [0.5, 0.6) is 0 Å². The van der Waals surface area contributed by atoms with E-state index in [4.69, 9.17) is 0 Å². The Kier molecular flexibility index (Phi) is 5.64. The fourth-order valence-corrected chi connectivity index (χ4v) is 6.88. The molecular weight excluding hydrogens is 450 g/mol. The third-order valence-electron chi connectivity index (χ3n) is 6.16. The van der Waals surface area contributed by atoms with Crippen LogP contribution in [0.3, 0.4) is 0 Å². The molecule has 0 radical (unpaired) electrons. The summed E-state index contributed by atoms with van der Waals surface area (Å²) in [4.78, 5) is 32.8. The minimum atomic E-state index is -3.50. The molecule has 0 atom stereocenters. The van der Waals surface area contributed by atoms with Crippen molar-refractivity contribution >= 4 is 44.1 Å². The maximum atomic E-state index is 13.0. The number of thiazole rings is 1. The molecule has 170 valence electrons. The van der Waals surface area contributed by atoms with E-state index in [2.05, 4.69) is 10.3 Å². The number of fused-ring (bicyclic) bond motifs is 1. The molecule has 0 bridgehead atoms. The normalized spacial score (nSPS) is 19.3. The maximum Gasteiger partial charge on any atom is 0.323 e. The first-order chi connectivity index (χ1) is 15.4. The second kappa shape index (κ2) is 8.45. The van der Waals surface area contributed by atoms with Crippen LogP contribution in [0.4, 0.5) is 15.6 Å². The number of carbonyl (C=O) groups is 2. The van der Waals surface area contributed by atoms with Gasteiger partial charge in [0.2, 0.25) is 15.9 Å². The fraction of sp³-hybridized carbons (Fsp3) is 0.476. The van der Waals surface area contributed by atoms with Crippen LogP contribution >= 0.6 is 11.3 Å². The molecule has 3 amide bonds. The molecular formula is C21H25N5O4S2. The molecule has 4 heterocycles. The molecule has 5 rings (SSSR count).